The van der Waals surface area contributed by atoms with Gasteiger partial charge in [-0.15, -0.1) is 0 Å². The fraction of sp³-hybridized carbons (Fsp3) is 0.520. The third-order valence-corrected chi connectivity index (χ3v) is 6.43. The first-order valence-corrected chi connectivity index (χ1v) is 10.9. The van der Waals surface area contributed by atoms with Crippen molar-refractivity contribution < 1.29 is 19.1 Å². The molecular weight excluding hydrogens is 395 g/mol. The number of piperidine rings is 1. The van der Waals surface area contributed by atoms with Crippen LogP contribution in [0.3, 0.4) is 0 Å². The maximum Gasteiger partial charge on any atom is 0.251 e. The van der Waals surface area contributed by atoms with Crippen LogP contribution in [0.15, 0.2) is 48.1 Å². The molecule has 1 saturated heterocycles. The summed E-state index contributed by atoms with van der Waals surface area (Å²) in [5, 5.41) is 14.4. The normalized spacial score (nSPS) is 23.3. The van der Waals surface area contributed by atoms with Gasteiger partial charge in [-0.2, -0.15) is 0 Å². The van der Waals surface area contributed by atoms with Crippen molar-refractivity contribution in [2.45, 2.75) is 64.5 Å². The summed E-state index contributed by atoms with van der Waals surface area (Å²) in [7, 11) is 0. The van der Waals surface area contributed by atoms with E-state index in [1.165, 1.54) is 12.1 Å². The summed E-state index contributed by atoms with van der Waals surface area (Å²) in [5.41, 5.74) is -1.18. The number of carbonyl (C=O) groups is 2. The molecule has 31 heavy (non-hydrogen) atoms. The van der Waals surface area contributed by atoms with Crippen LogP contribution in [0, 0.1) is 11.2 Å². The van der Waals surface area contributed by atoms with Gasteiger partial charge in [0.1, 0.15) is 5.82 Å². The molecule has 6 heteroatoms. The quantitative estimate of drug-likeness (QED) is 0.749. The Bertz CT molecular complexity index is 902. The van der Waals surface area contributed by atoms with E-state index < -0.39 is 16.6 Å². The molecule has 1 aromatic carbocycles. The average Bonchev–Trinajstić information content (AvgIpc) is 2.70. The van der Waals surface area contributed by atoms with Crippen LogP contribution in [0.4, 0.5) is 4.39 Å². The first-order chi connectivity index (χ1) is 14.4. The molecule has 2 aliphatic rings. The van der Waals surface area contributed by atoms with Crippen LogP contribution in [0.2, 0.25) is 0 Å². The van der Waals surface area contributed by atoms with Gasteiger partial charge in [0.2, 0.25) is 5.91 Å². The van der Waals surface area contributed by atoms with Crippen molar-refractivity contribution >= 4 is 11.8 Å². The minimum Gasteiger partial charge on any atom is -0.384 e. The van der Waals surface area contributed by atoms with E-state index >= 15 is 0 Å². The van der Waals surface area contributed by atoms with Crippen LogP contribution < -0.4 is 5.32 Å². The van der Waals surface area contributed by atoms with Gasteiger partial charge in [-0.3, -0.25) is 9.59 Å². The molecular formula is C25H33FN2O3. The monoisotopic (exact) mass is 428 g/mol. The molecule has 1 heterocycles. The molecule has 1 fully saturated rings. The molecule has 1 aliphatic carbocycles. The zero-order valence-electron chi connectivity index (χ0n) is 18.9. The Hall–Kier alpha value is -2.47. The van der Waals surface area contributed by atoms with E-state index in [1.807, 2.05) is 45.9 Å². The molecule has 0 radical (unpaired) electrons. The number of likely N-dealkylation sites (tertiary alicyclic amines) is 1. The Kier molecular flexibility index (Phi) is 6.42. The number of rotatable bonds is 5. The molecule has 1 aliphatic heterocycles. The van der Waals surface area contributed by atoms with Crippen molar-refractivity contribution in [3.63, 3.8) is 0 Å². The maximum atomic E-state index is 13.3. The lowest BCUT2D eigenvalue weighted by Crippen LogP contribution is -2.58. The standard InChI is InChI=1S/C25H33FN2O3/c1-23(2)17-28(15-14-25(23,31)19-10-12-20(26)13-11-19)21(29)16-24(3,4)27-22(30)18-8-6-5-7-9-18/h6,8-13,31H,5,7,14-17H2,1-4H3,(H,27,30). The third kappa shape index (κ3) is 5.06. The summed E-state index contributed by atoms with van der Waals surface area (Å²) < 4.78 is 13.3. The van der Waals surface area contributed by atoms with E-state index in [0.29, 0.717) is 30.6 Å². The Balaban J connectivity index is 1.65. The SMILES string of the molecule is CC(C)(CC(=O)N1CCC(O)(c2ccc(F)cc2)C(C)(C)C1)NC(=O)C1=CCCC=C1. The van der Waals surface area contributed by atoms with Crippen LogP contribution in [0.1, 0.15) is 58.9 Å². The first kappa shape index (κ1) is 23.2. The highest BCUT2D eigenvalue weighted by molar-refractivity contribution is 5.97. The van der Waals surface area contributed by atoms with Crippen molar-refractivity contribution in [2.24, 2.45) is 5.41 Å². The molecule has 168 valence electrons. The largest absolute Gasteiger partial charge is 0.384 e. The third-order valence-electron chi connectivity index (χ3n) is 6.43. The molecule has 1 unspecified atom stereocenters. The van der Waals surface area contributed by atoms with Gasteiger partial charge in [-0.1, -0.05) is 44.2 Å². The van der Waals surface area contributed by atoms with Crippen molar-refractivity contribution in [3.8, 4) is 0 Å². The fourth-order valence-corrected chi connectivity index (χ4v) is 4.49. The number of nitrogens with zero attached hydrogens (tertiary/aromatic N) is 1. The lowest BCUT2D eigenvalue weighted by Gasteiger charge is -2.51. The van der Waals surface area contributed by atoms with Crippen molar-refractivity contribution in [1.82, 2.24) is 10.2 Å². The maximum absolute atomic E-state index is 13.3. The van der Waals surface area contributed by atoms with Gasteiger partial charge in [0.25, 0.3) is 5.91 Å². The molecule has 0 saturated carbocycles. The van der Waals surface area contributed by atoms with Gasteiger partial charge >= 0.3 is 0 Å². The summed E-state index contributed by atoms with van der Waals surface area (Å²) in [6.07, 6.45) is 8.02. The molecule has 3 rings (SSSR count). The Morgan fingerprint density at radius 1 is 1.19 bits per heavy atom. The van der Waals surface area contributed by atoms with E-state index in [-0.39, 0.29) is 24.1 Å². The van der Waals surface area contributed by atoms with E-state index in [4.69, 9.17) is 0 Å². The molecule has 2 amide bonds. The number of amides is 2. The number of aliphatic hydroxyl groups is 1. The molecule has 5 nitrogen and oxygen atoms in total. The second kappa shape index (κ2) is 8.58. The van der Waals surface area contributed by atoms with Gasteiger partial charge < -0.3 is 15.3 Å². The second-order valence-electron chi connectivity index (χ2n) is 9.97. The predicted octanol–water partition coefficient (Wildman–Crippen LogP) is 3.83. The number of halogens is 1. The highest BCUT2D eigenvalue weighted by atomic mass is 19.1. The average molecular weight is 429 g/mol. The first-order valence-electron chi connectivity index (χ1n) is 10.9. The molecule has 0 bridgehead atoms. The van der Waals surface area contributed by atoms with Crippen molar-refractivity contribution in [3.05, 3.63) is 59.4 Å². The van der Waals surface area contributed by atoms with E-state index in [2.05, 4.69) is 5.32 Å². The Morgan fingerprint density at radius 3 is 2.45 bits per heavy atom. The van der Waals surface area contributed by atoms with Crippen LogP contribution >= 0.6 is 0 Å². The minimum absolute atomic E-state index is 0.0623. The number of benzene rings is 1. The highest BCUT2D eigenvalue weighted by Crippen LogP contribution is 2.46. The summed E-state index contributed by atoms with van der Waals surface area (Å²) in [5.74, 6) is -0.576. The van der Waals surface area contributed by atoms with Crippen molar-refractivity contribution in [1.29, 1.82) is 0 Å². The smallest absolute Gasteiger partial charge is 0.251 e. The number of hydrogen-bond donors (Lipinski definition) is 2. The van der Waals surface area contributed by atoms with E-state index in [1.54, 1.807) is 17.0 Å². The zero-order valence-corrected chi connectivity index (χ0v) is 18.9. The molecule has 1 aromatic rings. The number of nitrogens with one attached hydrogen (secondary N) is 1. The predicted molar refractivity (Wildman–Crippen MR) is 119 cm³/mol. The molecule has 1 atom stereocenters. The zero-order chi connectivity index (χ0) is 22.9. The minimum atomic E-state index is -1.15. The Labute approximate surface area is 184 Å². The van der Waals surface area contributed by atoms with Gasteiger partial charge in [-0.25, -0.2) is 4.39 Å². The van der Waals surface area contributed by atoms with E-state index in [0.717, 1.165) is 12.8 Å². The molecule has 2 N–H and O–H groups in total. The summed E-state index contributed by atoms with van der Waals surface area (Å²) in [6.45, 7) is 8.31. The lowest BCUT2D eigenvalue weighted by molar-refractivity contribution is -0.154. The summed E-state index contributed by atoms with van der Waals surface area (Å²) in [4.78, 5) is 27.3. The topological polar surface area (TPSA) is 69.6 Å². The van der Waals surface area contributed by atoms with E-state index in [9.17, 15) is 19.1 Å². The number of carbonyl (C=O) groups excluding carboxylic acids is 2. The van der Waals surface area contributed by atoms with Gasteiger partial charge in [-0.05, 0) is 50.8 Å². The summed E-state index contributed by atoms with van der Waals surface area (Å²) >= 11 is 0. The lowest BCUT2D eigenvalue weighted by atomic mass is 9.66. The fourth-order valence-electron chi connectivity index (χ4n) is 4.49. The number of hydrogen-bond acceptors (Lipinski definition) is 3. The van der Waals surface area contributed by atoms with Crippen molar-refractivity contribution in [2.75, 3.05) is 13.1 Å². The molecule has 0 spiro atoms. The van der Waals surface area contributed by atoms with Crippen LogP contribution in [0.5, 0.6) is 0 Å². The second-order valence-corrected chi connectivity index (χ2v) is 9.97. The van der Waals surface area contributed by atoms with Gasteiger partial charge in [0.05, 0.1) is 5.60 Å². The highest BCUT2D eigenvalue weighted by Gasteiger charge is 2.49. The van der Waals surface area contributed by atoms with Crippen LogP contribution in [-0.2, 0) is 15.2 Å². The summed E-state index contributed by atoms with van der Waals surface area (Å²) in [6, 6.07) is 5.93. The number of allylic oxidation sites excluding steroid dienone is 2. The van der Waals surface area contributed by atoms with Gasteiger partial charge in [0, 0.05) is 36.0 Å². The van der Waals surface area contributed by atoms with Crippen LogP contribution in [0.25, 0.3) is 0 Å². The molecule has 0 aromatic heterocycles. The van der Waals surface area contributed by atoms with Crippen LogP contribution in [-0.4, -0.2) is 40.4 Å². The van der Waals surface area contributed by atoms with Gasteiger partial charge in [0.15, 0.2) is 0 Å². The Morgan fingerprint density at radius 2 is 1.87 bits per heavy atom.